The van der Waals surface area contributed by atoms with E-state index in [1.165, 1.54) is 24.3 Å². The van der Waals surface area contributed by atoms with Gasteiger partial charge in [0, 0.05) is 28.1 Å². The Bertz CT molecular complexity index is 1970. The number of pyridine rings is 1. The molecule has 0 atom stereocenters. The van der Waals surface area contributed by atoms with Gasteiger partial charge in [-0.3, -0.25) is 14.4 Å². The third-order valence-electron chi connectivity index (χ3n) is 5.93. The molecule has 0 radical (unpaired) electrons. The van der Waals surface area contributed by atoms with E-state index < -0.39 is 50.4 Å². The fourth-order valence-electron chi connectivity index (χ4n) is 4.30. The second-order valence-corrected chi connectivity index (χ2v) is 7.91. The summed E-state index contributed by atoms with van der Waals surface area (Å²) in [5.41, 5.74) is -3.37. The molecule has 5 rings (SSSR count). The molecule has 0 saturated carbocycles. The van der Waals surface area contributed by atoms with Crippen LogP contribution in [0.25, 0.3) is 50.5 Å². The second-order valence-electron chi connectivity index (χ2n) is 7.91. The van der Waals surface area contributed by atoms with Crippen LogP contribution < -0.4 is 16.3 Å². The summed E-state index contributed by atoms with van der Waals surface area (Å²) in [5.74, 6) is -4.37. The highest BCUT2D eigenvalue weighted by molar-refractivity contribution is 6.03. The van der Waals surface area contributed by atoms with Crippen LogP contribution in [0.5, 0.6) is 0 Å². The Kier molecular flexibility index (Phi) is 4.87. The van der Waals surface area contributed by atoms with Gasteiger partial charge in [0.05, 0.1) is 10.9 Å². The van der Waals surface area contributed by atoms with Gasteiger partial charge in [-0.1, -0.05) is 31.7 Å². The van der Waals surface area contributed by atoms with Crippen molar-refractivity contribution in [3.8, 4) is 0 Å². The number of rotatable bonds is 4. The number of fused-ring (bicyclic) bond motifs is 3. The molecule has 0 bridgehead atoms. The molecule has 9 heteroatoms. The van der Waals surface area contributed by atoms with Crippen molar-refractivity contribution in [2.24, 2.45) is 0 Å². The van der Waals surface area contributed by atoms with Gasteiger partial charge in [0.1, 0.15) is 11.1 Å². The highest BCUT2D eigenvalue weighted by Gasteiger charge is 2.24. The van der Waals surface area contributed by atoms with E-state index >= 15 is 0 Å². The first-order valence-corrected chi connectivity index (χ1v) is 10.5. The molecule has 0 spiro atoms. The van der Waals surface area contributed by atoms with Crippen molar-refractivity contribution in [1.82, 2.24) is 4.40 Å². The fraction of sp³-hybridized carbons (Fsp3) is 0.0769. The van der Waals surface area contributed by atoms with Crippen molar-refractivity contribution in [2.45, 2.75) is 13.3 Å². The molecule has 0 saturated heterocycles. The Balaban J connectivity index is 2.10. The minimum atomic E-state index is -1.57. The van der Waals surface area contributed by atoms with Gasteiger partial charge in [-0.2, -0.15) is 4.39 Å². The fourth-order valence-corrected chi connectivity index (χ4v) is 4.30. The number of carboxylic acid groups (broad SMARTS) is 1. The van der Waals surface area contributed by atoms with Crippen LogP contribution in [0.4, 0.5) is 8.78 Å². The van der Waals surface area contributed by atoms with Gasteiger partial charge < -0.3 is 13.9 Å². The summed E-state index contributed by atoms with van der Waals surface area (Å²) >= 11 is 0. The van der Waals surface area contributed by atoms with Crippen LogP contribution in [-0.4, -0.2) is 15.5 Å². The number of carbonyl (C=O) groups is 1. The maximum atomic E-state index is 14.7. The molecule has 0 aliphatic heterocycles. The van der Waals surface area contributed by atoms with E-state index in [4.69, 9.17) is 4.42 Å². The number of hydrogen-bond acceptors (Lipinski definition) is 5. The molecule has 5 aromatic rings. The molecule has 0 unspecified atom stereocenters. The van der Waals surface area contributed by atoms with Crippen LogP contribution in [0, 0.1) is 11.6 Å². The van der Waals surface area contributed by atoms with Gasteiger partial charge in [0.15, 0.2) is 27.8 Å². The maximum Gasteiger partial charge on any atom is 0.341 e. The van der Waals surface area contributed by atoms with Crippen molar-refractivity contribution >= 4 is 56.5 Å². The van der Waals surface area contributed by atoms with Crippen LogP contribution in [0.3, 0.4) is 0 Å². The lowest BCUT2D eigenvalue weighted by Crippen LogP contribution is -2.19. The second kappa shape index (κ2) is 7.69. The monoisotopic (exact) mass is 475 g/mol. The van der Waals surface area contributed by atoms with Crippen molar-refractivity contribution in [2.75, 3.05) is 0 Å². The summed E-state index contributed by atoms with van der Waals surface area (Å²) in [5, 5.41) is 9.07. The first-order valence-electron chi connectivity index (χ1n) is 10.5. The number of hydrogen-bond donors (Lipinski definition) is 1. The number of benzene rings is 3. The highest BCUT2D eigenvalue weighted by atomic mass is 19.2. The molecule has 2 aromatic heterocycles. The molecule has 0 aliphatic rings. The van der Waals surface area contributed by atoms with E-state index in [9.17, 15) is 33.1 Å². The molecule has 1 N–H and O–H groups in total. The summed E-state index contributed by atoms with van der Waals surface area (Å²) in [4.78, 5) is 50.9. The van der Waals surface area contributed by atoms with E-state index in [0.29, 0.717) is 12.5 Å². The molecule has 2 heterocycles. The number of halogens is 2. The summed E-state index contributed by atoms with van der Waals surface area (Å²) < 4.78 is 35.8. The summed E-state index contributed by atoms with van der Waals surface area (Å²) in [6, 6.07) is 3.13. The van der Waals surface area contributed by atoms with Gasteiger partial charge >= 0.3 is 5.97 Å². The Morgan fingerprint density at radius 2 is 1.74 bits per heavy atom. The lowest BCUT2D eigenvalue weighted by atomic mass is 9.98. The van der Waals surface area contributed by atoms with Gasteiger partial charge in [-0.05, 0) is 24.6 Å². The zero-order valence-electron chi connectivity index (χ0n) is 18.1. The minimum Gasteiger partial charge on any atom is -0.477 e. The third-order valence-corrected chi connectivity index (χ3v) is 5.93. The summed E-state index contributed by atoms with van der Waals surface area (Å²) in [6.45, 7) is 5.49. The minimum absolute atomic E-state index is 0.00783. The predicted molar refractivity (Wildman–Crippen MR) is 128 cm³/mol. The molecule has 0 aliphatic carbocycles. The largest absolute Gasteiger partial charge is 0.477 e. The van der Waals surface area contributed by atoms with Crippen LogP contribution in [-0.2, 0) is 0 Å². The van der Waals surface area contributed by atoms with E-state index in [2.05, 4.69) is 6.58 Å². The molecule has 174 valence electrons. The SMILES string of the molecule is C=Cc1c(/C=C\CC)c(=O)c2cc3c(cc2c1=O)oc1c(F)c(F)cc2c(=O)c(C(=O)O)cn3c12. The zero-order valence-corrected chi connectivity index (χ0v) is 18.1. The average molecular weight is 475 g/mol. The van der Waals surface area contributed by atoms with Gasteiger partial charge in [-0.15, -0.1) is 0 Å². The molecule has 7 nitrogen and oxygen atoms in total. The topological polar surface area (TPSA) is 106 Å². The normalized spacial score (nSPS) is 12.0. The smallest absolute Gasteiger partial charge is 0.341 e. The molecular weight excluding hydrogens is 460 g/mol. The van der Waals surface area contributed by atoms with E-state index in [1.54, 1.807) is 6.08 Å². The van der Waals surface area contributed by atoms with Gasteiger partial charge in [-0.25, -0.2) is 9.18 Å². The van der Waals surface area contributed by atoms with Crippen LogP contribution in [0.1, 0.15) is 34.8 Å². The third kappa shape index (κ3) is 3.01. The number of aromatic nitrogens is 1. The maximum absolute atomic E-state index is 14.7. The lowest BCUT2D eigenvalue weighted by Gasteiger charge is -2.13. The molecular formula is C26H15F2NO6. The van der Waals surface area contributed by atoms with Crippen molar-refractivity contribution in [1.29, 1.82) is 0 Å². The van der Waals surface area contributed by atoms with Crippen molar-refractivity contribution in [3.63, 3.8) is 0 Å². The van der Waals surface area contributed by atoms with Crippen LogP contribution in [0.15, 0.2) is 55.9 Å². The van der Waals surface area contributed by atoms with Crippen molar-refractivity contribution in [3.05, 3.63) is 96.0 Å². The Labute approximate surface area is 193 Å². The van der Waals surface area contributed by atoms with E-state index in [0.717, 1.165) is 10.6 Å². The Morgan fingerprint density at radius 3 is 2.40 bits per heavy atom. The van der Waals surface area contributed by atoms with Gasteiger partial charge in [0.2, 0.25) is 11.2 Å². The first-order chi connectivity index (χ1) is 16.7. The first kappa shape index (κ1) is 22.1. The van der Waals surface area contributed by atoms with Crippen molar-refractivity contribution < 1.29 is 23.1 Å². The van der Waals surface area contributed by atoms with E-state index in [1.807, 2.05) is 6.92 Å². The van der Waals surface area contributed by atoms with Crippen LogP contribution in [0.2, 0.25) is 0 Å². The van der Waals surface area contributed by atoms with Crippen LogP contribution >= 0.6 is 0 Å². The average Bonchev–Trinajstić information content (AvgIpc) is 2.83. The van der Waals surface area contributed by atoms with E-state index in [-0.39, 0.29) is 38.5 Å². The Morgan fingerprint density at radius 1 is 1.06 bits per heavy atom. The highest BCUT2D eigenvalue weighted by Crippen LogP contribution is 2.31. The molecule has 35 heavy (non-hydrogen) atoms. The summed E-state index contributed by atoms with van der Waals surface area (Å²) in [7, 11) is 0. The Hall–Kier alpha value is -4.66. The predicted octanol–water partition coefficient (Wildman–Crippen LogP) is 4.55. The summed E-state index contributed by atoms with van der Waals surface area (Å²) in [6.07, 6.45) is 6.10. The standard InChI is InChI=1S/C26H15F2NO6/c1-3-5-6-12-11(4-2)22(30)14-9-19-18(8-13(14)23(12)31)29-10-16(26(33)34)24(32)15-7-17(27)20(28)25(35-19)21(15)29/h4-10H,2-3H2,1H3,(H,33,34)/b6-5-. The van der Waals surface area contributed by atoms with Gasteiger partial charge in [0.25, 0.3) is 0 Å². The molecule has 0 fully saturated rings. The molecule has 0 amide bonds. The zero-order chi connectivity index (χ0) is 25.2. The number of allylic oxidation sites excluding steroid dienone is 1. The number of carboxylic acids is 1. The molecule has 3 aromatic carbocycles. The quantitative estimate of drug-likeness (QED) is 0.302. The number of aromatic carboxylic acids is 1. The number of nitrogens with zero attached hydrogens (tertiary/aromatic N) is 1. The lowest BCUT2D eigenvalue weighted by molar-refractivity contribution is 0.0695.